The monoisotopic (exact) mass is 263 g/mol. The van der Waals surface area contributed by atoms with Gasteiger partial charge in [0.2, 0.25) is 0 Å². The maximum absolute atomic E-state index is 5.93. The summed E-state index contributed by atoms with van der Waals surface area (Å²) in [6.45, 7) is 1.93. The molecule has 0 radical (unpaired) electrons. The summed E-state index contributed by atoms with van der Waals surface area (Å²) in [4.78, 5) is 0.313. The van der Waals surface area contributed by atoms with E-state index in [0.29, 0.717) is 27.2 Å². The van der Waals surface area contributed by atoms with E-state index in [4.69, 9.17) is 45.9 Å². The predicted octanol–water partition coefficient (Wildman–Crippen LogP) is 3.44. The number of ether oxygens (including phenoxy) is 1. The van der Waals surface area contributed by atoms with Crippen LogP contribution in [0.4, 0.5) is 0 Å². The van der Waals surface area contributed by atoms with Crippen molar-refractivity contribution >= 4 is 40.4 Å². The van der Waals surface area contributed by atoms with Gasteiger partial charge in [0.1, 0.15) is 16.8 Å². The summed E-state index contributed by atoms with van der Waals surface area (Å²) < 4.78 is 5.55. The molecule has 1 rings (SSSR count). The highest BCUT2D eigenvalue weighted by Crippen LogP contribution is 2.28. The number of benzene rings is 1. The molecule has 0 fully saturated rings. The van der Waals surface area contributed by atoms with E-state index < -0.39 is 0 Å². The highest BCUT2D eigenvalue weighted by atomic mass is 35.5. The van der Waals surface area contributed by atoms with Crippen LogP contribution in [-0.2, 0) is 0 Å². The Kier molecular flexibility index (Phi) is 4.64. The van der Waals surface area contributed by atoms with Crippen LogP contribution in [0.25, 0.3) is 0 Å². The van der Waals surface area contributed by atoms with Gasteiger partial charge in [0.25, 0.3) is 0 Å². The Hall–Kier alpha value is -0.510. The second-order valence-corrected chi connectivity index (χ2v) is 4.31. The van der Waals surface area contributed by atoms with E-state index in [-0.39, 0.29) is 6.10 Å². The van der Waals surface area contributed by atoms with E-state index >= 15 is 0 Å². The fourth-order valence-electron chi connectivity index (χ4n) is 1.06. The molecule has 0 aromatic heterocycles. The van der Waals surface area contributed by atoms with Crippen LogP contribution in [0.3, 0.4) is 0 Å². The number of rotatable bonds is 4. The second kappa shape index (κ2) is 5.54. The number of hydrogen-bond acceptors (Lipinski definition) is 2. The van der Waals surface area contributed by atoms with Crippen molar-refractivity contribution in [3.05, 3.63) is 28.2 Å². The smallest absolute Gasteiger partial charge is 0.148 e. The zero-order chi connectivity index (χ0) is 11.4. The molecule has 1 unspecified atom stereocenters. The van der Waals surface area contributed by atoms with Gasteiger partial charge in [-0.3, -0.25) is 0 Å². The Morgan fingerprint density at radius 3 is 2.73 bits per heavy atom. The molecule has 82 valence electrons. The molecule has 0 bridgehead atoms. The molecule has 0 spiro atoms. The van der Waals surface area contributed by atoms with Crippen molar-refractivity contribution in [3.63, 3.8) is 0 Å². The lowest BCUT2D eigenvalue weighted by Crippen LogP contribution is -2.31. The van der Waals surface area contributed by atoms with E-state index in [1.165, 1.54) is 0 Å². The minimum absolute atomic E-state index is 0.309. The molecular formula is C10H11Cl2NOS. The maximum atomic E-state index is 5.93. The summed E-state index contributed by atoms with van der Waals surface area (Å²) in [7, 11) is 0. The molecule has 5 heteroatoms. The number of halogens is 2. The molecule has 0 heterocycles. The molecule has 2 nitrogen and oxygen atoms in total. The summed E-state index contributed by atoms with van der Waals surface area (Å²) in [5.74, 6) is 0.504. The van der Waals surface area contributed by atoms with E-state index in [9.17, 15) is 0 Å². The molecule has 1 aromatic rings. The van der Waals surface area contributed by atoms with Crippen molar-refractivity contribution in [1.82, 2.24) is 0 Å². The van der Waals surface area contributed by atoms with Crippen molar-refractivity contribution in [2.75, 3.05) is 0 Å². The first-order valence-corrected chi connectivity index (χ1v) is 5.62. The van der Waals surface area contributed by atoms with Crippen molar-refractivity contribution in [2.24, 2.45) is 5.73 Å². The Morgan fingerprint density at radius 2 is 2.20 bits per heavy atom. The zero-order valence-electron chi connectivity index (χ0n) is 8.17. The van der Waals surface area contributed by atoms with Gasteiger partial charge in [0.05, 0.1) is 5.02 Å². The van der Waals surface area contributed by atoms with Crippen LogP contribution >= 0.6 is 35.4 Å². The van der Waals surface area contributed by atoms with Crippen LogP contribution in [-0.4, -0.2) is 11.1 Å². The molecule has 0 aliphatic heterocycles. The maximum Gasteiger partial charge on any atom is 0.148 e. The Labute approximate surface area is 104 Å². The third-order valence-corrected chi connectivity index (χ3v) is 2.66. The first-order valence-electron chi connectivity index (χ1n) is 4.45. The standard InChI is InChI=1S/C10H11Cl2NOS/c1-2-8(10(13)15)14-9-5-6(11)3-4-7(9)12/h3-5,8H,2H2,1H3,(H2,13,15). The van der Waals surface area contributed by atoms with Crippen molar-refractivity contribution < 1.29 is 4.74 Å². The fourth-order valence-corrected chi connectivity index (χ4v) is 1.60. The molecule has 15 heavy (non-hydrogen) atoms. The van der Waals surface area contributed by atoms with Crippen LogP contribution in [0.2, 0.25) is 10.0 Å². The third-order valence-electron chi connectivity index (χ3n) is 1.85. The van der Waals surface area contributed by atoms with E-state index in [0.717, 1.165) is 0 Å². The van der Waals surface area contributed by atoms with Crippen LogP contribution in [0.5, 0.6) is 5.75 Å². The molecule has 0 amide bonds. The van der Waals surface area contributed by atoms with Gasteiger partial charge in [-0.2, -0.15) is 0 Å². The molecule has 2 N–H and O–H groups in total. The van der Waals surface area contributed by atoms with Gasteiger partial charge in [0, 0.05) is 11.1 Å². The lowest BCUT2D eigenvalue weighted by molar-refractivity contribution is 0.264. The number of nitrogens with two attached hydrogens (primary N) is 1. The van der Waals surface area contributed by atoms with Gasteiger partial charge in [0.15, 0.2) is 0 Å². The molecule has 1 atom stereocenters. The normalized spacial score (nSPS) is 12.2. The first-order chi connectivity index (χ1) is 7.04. The average Bonchev–Trinajstić information content (AvgIpc) is 2.18. The highest BCUT2D eigenvalue weighted by molar-refractivity contribution is 7.80. The Bertz CT molecular complexity index is 370. The molecule has 0 saturated carbocycles. The molecule has 0 aliphatic carbocycles. The van der Waals surface area contributed by atoms with E-state index in [2.05, 4.69) is 0 Å². The van der Waals surface area contributed by atoms with Gasteiger partial charge < -0.3 is 10.5 Å². The molecule has 1 aromatic carbocycles. The van der Waals surface area contributed by atoms with Crippen molar-refractivity contribution in [1.29, 1.82) is 0 Å². The molecule has 0 saturated heterocycles. The molecular weight excluding hydrogens is 253 g/mol. The zero-order valence-corrected chi connectivity index (χ0v) is 10.5. The van der Waals surface area contributed by atoms with Crippen molar-refractivity contribution in [2.45, 2.75) is 19.4 Å². The van der Waals surface area contributed by atoms with Crippen LogP contribution in [0.1, 0.15) is 13.3 Å². The number of hydrogen-bond donors (Lipinski definition) is 1. The van der Waals surface area contributed by atoms with Crippen LogP contribution in [0, 0.1) is 0 Å². The third kappa shape index (κ3) is 3.52. The quantitative estimate of drug-likeness (QED) is 0.846. The SMILES string of the molecule is CCC(Oc1cc(Cl)ccc1Cl)C(N)=S. The minimum Gasteiger partial charge on any atom is -0.482 e. The van der Waals surface area contributed by atoms with Gasteiger partial charge in [-0.25, -0.2) is 0 Å². The molecule has 0 aliphatic rings. The van der Waals surface area contributed by atoms with Crippen LogP contribution < -0.4 is 10.5 Å². The minimum atomic E-state index is -0.309. The first kappa shape index (κ1) is 12.6. The number of thiocarbonyl (C=S) groups is 1. The average molecular weight is 264 g/mol. The van der Waals surface area contributed by atoms with Crippen LogP contribution in [0.15, 0.2) is 18.2 Å². The fraction of sp³-hybridized carbons (Fsp3) is 0.300. The second-order valence-electron chi connectivity index (χ2n) is 2.99. The summed E-state index contributed by atoms with van der Waals surface area (Å²) in [5, 5.41) is 1.06. The lowest BCUT2D eigenvalue weighted by Gasteiger charge is -2.17. The highest BCUT2D eigenvalue weighted by Gasteiger charge is 2.13. The summed E-state index contributed by atoms with van der Waals surface area (Å²) >= 11 is 16.6. The van der Waals surface area contributed by atoms with Gasteiger partial charge >= 0.3 is 0 Å². The summed E-state index contributed by atoms with van der Waals surface area (Å²) in [6.07, 6.45) is 0.383. The van der Waals surface area contributed by atoms with Gasteiger partial charge in [-0.1, -0.05) is 42.3 Å². The summed E-state index contributed by atoms with van der Waals surface area (Å²) in [5.41, 5.74) is 5.51. The lowest BCUT2D eigenvalue weighted by atomic mass is 10.2. The van der Waals surface area contributed by atoms with Gasteiger partial charge in [-0.05, 0) is 18.6 Å². The summed E-state index contributed by atoms with van der Waals surface area (Å²) in [6, 6.07) is 5.01. The van der Waals surface area contributed by atoms with Gasteiger partial charge in [-0.15, -0.1) is 0 Å². The predicted molar refractivity (Wildman–Crippen MR) is 68.0 cm³/mol. The Balaban J connectivity index is 2.87. The Morgan fingerprint density at radius 1 is 1.53 bits per heavy atom. The van der Waals surface area contributed by atoms with E-state index in [1.54, 1.807) is 18.2 Å². The largest absolute Gasteiger partial charge is 0.482 e. The van der Waals surface area contributed by atoms with Crippen molar-refractivity contribution in [3.8, 4) is 5.75 Å². The van der Waals surface area contributed by atoms with E-state index in [1.807, 2.05) is 6.92 Å². The topological polar surface area (TPSA) is 35.2 Å².